The zero-order chi connectivity index (χ0) is 13.0. The minimum absolute atomic E-state index is 0.151. The first-order valence-electron chi connectivity index (χ1n) is 6.30. The van der Waals surface area contributed by atoms with Crippen LogP contribution in [-0.2, 0) is 11.3 Å². The average molecular weight is 262 g/mol. The summed E-state index contributed by atoms with van der Waals surface area (Å²) in [7, 11) is 0. The minimum Gasteiger partial charge on any atom is -0.389 e. The molecule has 0 atom stereocenters. The van der Waals surface area contributed by atoms with Gasteiger partial charge in [-0.15, -0.1) is 0 Å². The van der Waals surface area contributed by atoms with Gasteiger partial charge >= 0.3 is 0 Å². The van der Waals surface area contributed by atoms with Crippen molar-refractivity contribution in [1.82, 2.24) is 5.32 Å². The summed E-state index contributed by atoms with van der Waals surface area (Å²) in [6.45, 7) is 0.573. The molecular weight excluding hydrogens is 244 g/mol. The molecule has 4 heteroatoms. The van der Waals surface area contributed by atoms with E-state index in [9.17, 15) is 4.79 Å². The number of carbonyl (C=O) groups is 1. The Morgan fingerprint density at radius 3 is 2.50 bits per heavy atom. The molecule has 0 aromatic heterocycles. The van der Waals surface area contributed by atoms with E-state index < -0.39 is 0 Å². The molecule has 1 fully saturated rings. The predicted octanol–water partition coefficient (Wildman–Crippen LogP) is 2.13. The summed E-state index contributed by atoms with van der Waals surface area (Å²) < 4.78 is 0. The molecule has 96 valence electrons. The van der Waals surface area contributed by atoms with E-state index >= 15 is 0 Å². The number of rotatable bonds is 5. The molecule has 18 heavy (non-hydrogen) atoms. The standard InChI is InChI=1S/C14H18N2OS/c15-14(18)12-6-4-11(5-7-12)9-16-13(17)8-10-2-1-3-10/h4-7,10H,1-3,8-9H2,(H2,15,18)(H,16,17). The molecule has 0 radical (unpaired) electrons. The highest BCUT2D eigenvalue weighted by atomic mass is 32.1. The van der Waals surface area contributed by atoms with E-state index in [0.29, 0.717) is 23.9 Å². The van der Waals surface area contributed by atoms with Crippen LogP contribution in [0, 0.1) is 5.92 Å². The molecule has 1 aromatic carbocycles. The van der Waals surface area contributed by atoms with Crippen LogP contribution in [-0.4, -0.2) is 10.9 Å². The first-order valence-corrected chi connectivity index (χ1v) is 6.71. The van der Waals surface area contributed by atoms with E-state index in [4.69, 9.17) is 18.0 Å². The summed E-state index contributed by atoms with van der Waals surface area (Å²) in [6, 6.07) is 7.65. The van der Waals surface area contributed by atoms with Crippen LogP contribution >= 0.6 is 12.2 Å². The Labute approximate surface area is 113 Å². The molecule has 3 N–H and O–H groups in total. The number of amides is 1. The summed E-state index contributed by atoms with van der Waals surface area (Å²) in [6.07, 6.45) is 4.36. The molecule has 1 saturated carbocycles. The van der Waals surface area contributed by atoms with Crippen LogP contribution in [0.2, 0.25) is 0 Å². The van der Waals surface area contributed by atoms with E-state index in [1.54, 1.807) is 0 Å². The quantitative estimate of drug-likeness (QED) is 0.799. The molecule has 2 rings (SSSR count). The fourth-order valence-electron chi connectivity index (χ4n) is 2.02. The van der Waals surface area contributed by atoms with Gasteiger partial charge in [0.05, 0.1) is 0 Å². The number of benzene rings is 1. The van der Waals surface area contributed by atoms with Gasteiger partial charge in [-0.3, -0.25) is 4.79 Å². The van der Waals surface area contributed by atoms with Crippen molar-refractivity contribution < 1.29 is 4.79 Å². The van der Waals surface area contributed by atoms with Crippen LogP contribution in [0.3, 0.4) is 0 Å². The highest BCUT2D eigenvalue weighted by Gasteiger charge is 2.20. The Kier molecular flexibility index (Phi) is 4.31. The first kappa shape index (κ1) is 13.0. The first-order chi connectivity index (χ1) is 8.65. The van der Waals surface area contributed by atoms with Crippen molar-refractivity contribution in [3.8, 4) is 0 Å². The highest BCUT2D eigenvalue weighted by Crippen LogP contribution is 2.29. The number of hydrogen-bond acceptors (Lipinski definition) is 2. The summed E-state index contributed by atoms with van der Waals surface area (Å²) in [5, 5.41) is 2.94. The number of nitrogens with one attached hydrogen (secondary N) is 1. The molecule has 1 amide bonds. The lowest BCUT2D eigenvalue weighted by Crippen LogP contribution is -2.27. The van der Waals surface area contributed by atoms with Gasteiger partial charge in [-0.25, -0.2) is 0 Å². The molecule has 1 aromatic rings. The number of nitrogens with two attached hydrogens (primary N) is 1. The van der Waals surface area contributed by atoms with Crippen molar-refractivity contribution in [3.05, 3.63) is 35.4 Å². The van der Waals surface area contributed by atoms with Crippen LogP contribution in [0.4, 0.5) is 0 Å². The lowest BCUT2D eigenvalue weighted by molar-refractivity contribution is -0.122. The smallest absolute Gasteiger partial charge is 0.220 e. The van der Waals surface area contributed by atoms with Gasteiger partial charge in [0.25, 0.3) is 0 Å². The van der Waals surface area contributed by atoms with Crippen LogP contribution in [0.1, 0.15) is 36.8 Å². The van der Waals surface area contributed by atoms with Crippen molar-refractivity contribution in [2.45, 2.75) is 32.2 Å². The van der Waals surface area contributed by atoms with Gasteiger partial charge in [-0.2, -0.15) is 0 Å². The van der Waals surface area contributed by atoms with Gasteiger partial charge in [-0.05, 0) is 24.3 Å². The number of carbonyl (C=O) groups excluding carboxylic acids is 1. The number of hydrogen-bond donors (Lipinski definition) is 2. The third-order valence-corrected chi connectivity index (χ3v) is 3.66. The van der Waals surface area contributed by atoms with Crippen molar-refractivity contribution in [2.75, 3.05) is 0 Å². The summed E-state index contributed by atoms with van der Waals surface area (Å²) in [5.74, 6) is 0.764. The zero-order valence-corrected chi connectivity index (χ0v) is 11.1. The fourth-order valence-corrected chi connectivity index (χ4v) is 2.15. The Bertz CT molecular complexity index is 438. The van der Waals surface area contributed by atoms with E-state index in [2.05, 4.69) is 5.32 Å². The van der Waals surface area contributed by atoms with Crippen molar-refractivity contribution in [2.24, 2.45) is 11.7 Å². The topological polar surface area (TPSA) is 55.1 Å². The zero-order valence-electron chi connectivity index (χ0n) is 10.3. The predicted molar refractivity (Wildman–Crippen MR) is 76.1 cm³/mol. The maximum Gasteiger partial charge on any atom is 0.220 e. The normalized spacial score (nSPS) is 14.9. The Hall–Kier alpha value is -1.42. The van der Waals surface area contributed by atoms with Crippen LogP contribution in [0.15, 0.2) is 24.3 Å². The molecule has 0 saturated heterocycles. The molecule has 0 aliphatic heterocycles. The van der Waals surface area contributed by atoms with Gasteiger partial charge in [-0.1, -0.05) is 42.9 Å². The highest BCUT2D eigenvalue weighted by molar-refractivity contribution is 7.80. The van der Waals surface area contributed by atoms with Gasteiger partial charge in [0.1, 0.15) is 4.99 Å². The Morgan fingerprint density at radius 2 is 2.00 bits per heavy atom. The Morgan fingerprint density at radius 1 is 1.33 bits per heavy atom. The number of thiocarbonyl (C=S) groups is 1. The van der Waals surface area contributed by atoms with Crippen LogP contribution in [0.25, 0.3) is 0 Å². The molecule has 0 heterocycles. The summed E-state index contributed by atoms with van der Waals surface area (Å²) >= 11 is 4.89. The second kappa shape index (κ2) is 5.96. The van der Waals surface area contributed by atoms with E-state index in [0.717, 1.165) is 11.1 Å². The van der Waals surface area contributed by atoms with E-state index in [1.165, 1.54) is 19.3 Å². The van der Waals surface area contributed by atoms with Crippen molar-refractivity contribution in [1.29, 1.82) is 0 Å². The van der Waals surface area contributed by atoms with Crippen molar-refractivity contribution in [3.63, 3.8) is 0 Å². The van der Waals surface area contributed by atoms with Gasteiger partial charge in [0.2, 0.25) is 5.91 Å². The van der Waals surface area contributed by atoms with Crippen LogP contribution in [0.5, 0.6) is 0 Å². The second-order valence-corrected chi connectivity index (χ2v) is 5.28. The summed E-state index contributed by atoms with van der Waals surface area (Å²) in [4.78, 5) is 12.0. The molecular formula is C14H18N2OS. The lowest BCUT2D eigenvalue weighted by atomic mass is 9.83. The largest absolute Gasteiger partial charge is 0.389 e. The maximum atomic E-state index is 11.6. The van der Waals surface area contributed by atoms with E-state index in [1.807, 2.05) is 24.3 Å². The summed E-state index contributed by atoms with van der Waals surface area (Å²) in [5.41, 5.74) is 7.45. The molecule has 0 spiro atoms. The molecule has 0 unspecified atom stereocenters. The third-order valence-electron chi connectivity index (χ3n) is 3.43. The van der Waals surface area contributed by atoms with Crippen LogP contribution < -0.4 is 11.1 Å². The third kappa shape index (κ3) is 3.53. The van der Waals surface area contributed by atoms with E-state index in [-0.39, 0.29) is 5.91 Å². The fraction of sp³-hybridized carbons (Fsp3) is 0.429. The maximum absolute atomic E-state index is 11.6. The average Bonchev–Trinajstić information content (AvgIpc) is 2.32. The molecule has 3 nitrogen and oxygen atoms in total. The second-order valence-electron chi connectivity index (χ2n) is 4.84. The molecule has 0 bridgehead atoms. The van der Waals surface area contributed by atoms with Crippen molar-refractivity contribution >= 4 is 23.1 Å². The SMILES string of the molecule is NC(=S)c1ccc(CNC(=O)CC2CCC2)cc1. The minimum atomic E-state index is 0.151. The monoisotopic (exact) mass is 262 g/mol. The van der Waals surface area contributed by atoms with Gasteiger partial charge < -0.3 is 11.1 Å². The molecule has 1 aliphatic rings. The Balaban J connectivity index is 1.78. The lowest BCUT2D eigenvalue weighted by Gasteiger charge is -2.24. The molecule has 1 aliphatic carbocycles. The van der Waals surface area contributed by atoms with Gasteiger partial charge in [0.15, 0.2) is 0 Å². The van der Waals surface area contributed by atoms with Gasteiger partial charge in [0, 0.05) is 18.5 Å².